The van der Waals surface area contributed by atoms with Crippen LogP contribution in [0.25, 0.3) is 22.3 Å². The van der Waals surface area contributed by atoms with E-state index >= 15 is 0 Å². The number of hydrogen-bond acceptors (Lipinski definition) is 4. The minimum absolute atomic E-state index is 0.0681. The van der Waals surface area contributed by atoms with E-state index in [2.05, 4.69) is 15.0 Å². The molecule has 0 bridgehead atoms. The van der Waals surface area contributed by atoms with E-state index in [0.29, 0.717) is 11.7 Å². The summed E-state index contributed by atoms with van der Waals surface area (Å²) in [5.74, 6) is 1.28. The molecule has 2 aromatic heterocycles. The Morgan fingerprint density at radius 1 is 0.950 bits per heavy atom. The van der Waals surface area contributed by atoms with E-state index in [0.717, 1.165) is 16.5 Å². The van der Waals surface area contributed by atoms with Crippen molar-refractivity contribution < 1.29 is 4.74 Å². The van der Waals surface area contributed by atoms with E-state index in [4.69, 9.17) is 4.74 Å². The van der Waals surface area contributed by atoms with Crippen molar-refractivity contribution in [2.75, 3.05) is 0 Å². The number of hydrogen-bond donors (Lipinski definition) is 0. The minimum Gasteiger partial charge on any atom is -0.474 e. The van der Waals surface area contributed by atoms with Crippen LogP contribution in [0.3, 0.4) is 0 Å². The standard InChI is InChI=1S/C16H15N3O/c1-11(2)20-16-13-5-3-4-6-14(13)18-15(19-16)12-7-9-17-10-8-12/h3-11H,1-2H3. The summed E-state index contributed by atoms with van der Waals surface area (Å²) in [4.78, 5) is 13.2. The average Bonchev–Trinajstić information content (AvgIpc) is 2.47. The van der Waals surface area contributed by atoms with Gasteiger partial charge in [0.2, 0.25) is 5.88 Å². The maximum absolute atomic E-state index is 5.82. The first-order valence-corrected chi connectivity index (χ1v) is 6.58. The molecule has 0 unspecified atom stereocenters. The molecule has 0 fully saturated rings. The maximum Gasteiger partial charge on any atom is 0.225 e. The SMILES string of the molecule is CC(C)Oc1nc(-c2ccncc2)nc2ccccc12. The first-order chi connectivity index (χ1) is 9.74. The summed E-state index contributed by atoms with van der Waals surface area (Å²) in [5, 5.41) is 0.930. The molecule has 3 aromatic rings. The lowest BCUT2D eigenvalue weighted by Crippen LogP contribution is -2.08. The van der Waals surface area contributed by atoms with E-state index in [1.54, 1.807) is 12.4 Å². The summed E-state index contributed by atoms with van der Waals surface area (Å²) < 4.78 is 5.82. The summed E-state index contributed by atoms with van der Waals surface area (Å²) in [5.41, 5.74) is 1.81. The van der Waals surface area contributed by atoms with Crippen LogP contribution in [-0.2, 0) is 0 Å². The molecule has 2 heterocycles. The van der Waals surface area contributed by atoms with E-state index in [1.807, 2.05) is 50.2 Å². The lowest BCUT2D eigenvalue weighted by molar-refractivity contribution is 0.236. The van der Waals surface area contributed by atoms with Crippen molar-refractivity contribution in [3.63, 3.8) is 0 Å². The smallest absolute Gasteiger partial charge is 0.225 e. The Kier molecular flexibility index (Phi) is 3.29. The Labute approximate surface area is 117 Å². The monoisotopic (exact) mass is 265 g/mol. The molecule has 0 spiro atoms. The van der Waals surface area contributed by atoms with Gasteiger partial charge in [-0.15, -0.1) is 0 Å². The summed E-state index contributed by atoms with van der Waals surface area (Å²) in [6, 6.07) is 11.7. The molecule has 0 aliphatic rings. The first-order valence-electron chi connectivity index (χ1n) is 6.58. The Hall–Kier alpha value is -2.49. The molecular weight excluding hydrogens is 250 g/mol. The zero-order valence-corrected chi connectivity index (χ0v) is 11.4. The summed E-state index contributed by atoms with van der Waals surface area (Å²) >= 11 is 0. The number of aromatic nitrogens is 3. The van der Waals surface area contributed by atoms with Crippen LogP contribution in [0.1, 0.15) is 13.8 Å². The number of para-hydroxylation sites is 1. The lowest BCUT2D eigenvalue weighted by atomic mass is 10.2. The van der Waals surface area contributed by atoms with Gasteiger partial charge in [-0.05, 0) is 38.1 Å². The van der Waals surface area contributed by atoms with Crippen molar-refractivity contribution in [1.82, 2.24) is 15.0 Å². The zero-order valence-electron chi connectivity index (χ0n) is 11.4. The minimum atomic E-state index is 0.0681. The van der Waals surface area contributed by atoms with Gasteiger partial charge >= 0.3 is 0 Å². The van der Waals surface area contributed by atoms with Crippen LogP contribution in [0, 0.1) is 0 Å². The van der Waals surface area contributed by atoms with Crippen LogP contribution in [0.2, 0.25) is 0 Å². The molecule has 1 aromatic carbocycles. The quantitative estimate of drug-likeness (QED) is 0.727. The highest BCUT2D eigenvalue weighted by atomic mass is 16.5. The topological polar surface area (TPSA) is 47.9 Å². The highest BCUT2D eigenvalue weighted by Gasteiger charge is 2.11. The number of fused-ring (bicyclic) bond motifs is 1. The van der Waals surface area contributed by atoms with Crippen molar-refractivity contribution in [3.05, 3.63) is 48.8 Å². The molecule has 4 heteroatoms. The van der Waals surface area contributed by atoms with E-state index in [1.165, 1.54) is 0 Å². The van der Waals surface area contributed by atoms with E-state index in [-0.39, 0.29) is 6.10 Å². The van der Waals surface area contributed by atoms with Crippen LogP contribution in [-0.4, -0.2) is 21.1 Å². The number of pyridine rings is 1. The second-order valence-electron chi connectivity index (χ2n) is 4.77. The molecule has 0 saturated heterocycles. The second-order valence-corrected chi connectivity index (χ2v) is 4.77. The number of nitrogens with zero attached hydrogens (tertiary/aromatic N) is 3. The fraction of sp³-hybridized carbons (Fsp3) is 0.188. The molecule has 20 heavy (non-hydrogen) atoms. The lowest BCUT2D eigenvalue weighted by Gasteiger charge is -2.12. The highest BCUT2D eigenvalue weighted by molar-refractivity contribution is 5.85. The van der Waals surface area contributed by atoms with Crippen molar-refractivity contribution in [2.45, 2.75) is 20.0 Å². The van der Waals surface area contributed by atoms with Gasteiger partial charge < -0.3 is 4.74 Å². The number of rotatable bonds is 3. The normalized spacial score (nSPS) is 10.9. The van der Waals surface area contributed by atoms with Crippen molar-refractivity contribution in [3.8, 4) is 17.3 Å². The van der Waals surface area contributed by atoms with Crippen LogP contribution in [0.4, 0.5) is 0 Å². The third-order valence-corrected chi connectivity index (χ3v) is 2.85. The second kappa shape index (κ2) is 5.25. The van der Waals surface area contributed by atoms with Crippen LogP contribution in [0.5, 0.6) is 5.88 Å². The molecule has 0 N–H and O–H groups in total. The molecule has 100 valence electrons. The van der Waals surface area contributed by atoms with Gasteiger partial charge in [-0.2, -0.15) is 4.98 Å². The Bertz CT molecular complexity index is 726. The van der Waals surface area contributed by atoms with Gasteiger partial charge in [-0.25, -0.2) is 4.98 Å². The number of benzene rings is 1. The zero-order chi connectivity index (χ0) is 13.9. The largest absolute Gasteiger partial charge is 0.474 e. The first kappa shape index (κ1) is 12.5. The summed E-state index contributed by atoms with van der Waals surface area (Å²) in [7, 11) is 0. The van der Waals surface area contributed by atoms with Crippen LogP contribution >= 0.6 is 0 Å². The van der Waals surface area contributed by atoms with Crippen LogP contribution in [0.15, 0.2) is 48.8 Å². The van der Waals surface area contributed by atoms with E-state index in [9.17, 15) is 0 Å². The fourth-order valence-corrected chi connectivity index (χ4v) is 1.99. The summed E-state index contributed by atoms with van der Waals surface area (Å²) in [6.07, 6.45) is 3.53. The Morgan fingerprint density at radius 3 is 2.45 bits per heavy atom. The highest BCUT2D eigenvalue weighted by Crippen LogP contribution is 2.26. The Morgan fingerprint density at radius 2 is 1.70 bits per heavy atom. The van der Waals surface area contributed by atoms with E-state index < -0.39 is 0 Å². The molecule has 4 nitrogen and oxygen atoms in total. The van der Waals surface area contributed by atoms with Crippen LogP contribution < -0.4 is 4.74 Å². The van der Waals surface area contributed by atoms with Crippen molar-refractivity contribution >= 4 is 10.9 Å². The predicted octanol–water partition coefficient (Wildman–Crippen LogP) is 3.48. The molecule has 0 aliphatic heterocycles. The molecule has 3 rings (SSSR count). The predicted molar refractivity (Wildman–Crippen MR) is 78.5 cm³/mol. The van der Waals surface area contributed by atoms with Crippen molar-refractivity contribution in [2.24, 2.45) is 0 Å². The molecule has 0 radical (unpaired) electrons. The van der Waals surface area contributed by atoms with Gasteiger partial charge in [0.15, 0.2) is 5.82 Å². The van der Waals surface area contributed by atoms with Gasteiger partial charge in [0.05, 0.1) is 17.0 Å². The van der Waals surface area contributed by atoms with Gasteiger partial charge in [0, 0.05) is 18.0 Å². The van der Waals surface area contributed by atoms with Gasteiger partial charge in [0.1, 0.15) is 0 Å². The third kappa shape index (κ3) is 2.45. The third-order valence-electron chi connectivity index (χ3n) is 2.85. The molecule has 0 amide bonds. The average molecular weight is 265 g/mol. The molecule has 0 aliphatic carbocycles. The molecular formula is C16H15N3O. The Balaban J connectivity index is 2.20. The molecule has 0 saturated carbocycles. The number of ether oxygens (including phenoxy) is 1. The van der Waals surface area contributed by atoms with Gasteiger partial charge in [-0.3, -0.25) is 4.98 Å². The van der Waals surface area contributed by atoms with Crippen molar-refractivity contribution in [1.29, 1.82) is 0 Å². The van der Waals surface area contributed by atoms with Gasteiger partial charge in [0.25, 0.3) is 0 Å². The summed E-state index contributed by atoms with van der Waals surface area (Å²) in [6.45, 7) is 3.98. The molecule has 0 atom stereocenters. The maximum atomic E-state index is 5.82. The van der Waals surface area contributed by atoms with Gasteiger partial charge in [-0.1, -0.05) is 12.1 Å². The fourth-order valence-electron chi connectivity index (χ4n) is 1.99.